The van der Waals surface area contributed by atoms with E-state index in [1.165, 1.54) is 0 Å². The van der Waals surface area contributed by atoms with Gasteiger partial charge >= 0.3 is 0 Å². The van der Waals surface area contributed by atoms with E-state index in [9.17, 15) is 4.79 Å². The van der Waals surface area contributed by atoms with E-state index in [4.69, 9.17) is 6.42 Å². The minimum absolute atomic E-state index is 0.104. The summed E-state index contributed by atoms with van der Waals surface area (Å²) in [6, 6.07) is 0.252. The van der Waals surface area contributed by atoms with Crippen molar-refractivity contribution in [3.05, 3.63) is 0 Å². The maximum atomic E-state index is 11.4. The molecule has 0 heterocycles. The van der Waals surface area contributed by atoms with Crippen molar-refractivity contribution in [2.75, 3.05) is 20.1 Å². The van der Waals surface area contributed by atoms with E-state index in [1.54, 1.807) is 11.9 Å². The number of hydrogen-bond donors (Lipinski definition) is 1. The fraction of sp³-hybridized carbons (Fsp3) is 0.700. The molecule has 1 N–H and O–H groups in total. The second-order valence-electron chi connectivity index (χ2n) is 3.23. The van der Waals surface area contributed by atoms with Gasteiger partial charge in [0.25, 0.3) is 0 Å². The fourth-order valence-corrected chi connectivity index (χ4v) is 0.769. The molecule has 1 amide bonds. The molecular weight excluding hydrogens is 164 g/mol. The lowest BCUT2D eigenvalue weighted by atomic mass is 10.3. The first kappa shape index (κ1) is 12.0. The number of nitrogens with zero attached hydrogens (tertiary/aromatic N) is 1. The Balaban J connectivity index is 3.57. The van der Waals surface area contributed by atoms with Gasteiger partial charge < -0.3 is 10.2 Å². The summed E-state index contributed by atoms with van der Waals surface area (Å²) in [6.45, 7) is 5.04. The van der Waals surface area contributed by atoms with Crippen LogP contribution in [0.3, 0.4) is 0 Å². The number of likely N-dealkylation sites (N-methyl/N-ethyl adjacent to an activating group) is 1. The van der Waals surface area contributed by atoms with Crippen molar-refractivity contribution >= 4 is 5.91 Å². The van der Waals surface area contributed by atoms with Crippen LogP contribution in [0.2, 0.25) is 0 Å². The molecule has 0 aromatic rings. The molecule has 0 fully saturated rings. The van der Waals surface area contributed by atoms with E-state index in [1.807, 2.05) is 13.8 Å². The van der Waals surface area contributed by atoms with E-state index in [-0.39, 0.29) is 11.9 Å². The summed E-state index contributed by atoms with van der Waals surface area (Å²) >= 11 is 0. The summed E-state index contributed by atoms with van der Waals surface area (Å²) in [5.41, 5.74) is 0. The van der Waals surface area contributed by atoms with Gasteiger partial charge in [-0.05, 0) is 13.8 Å². The maximum Gasteiger partial charge on any atom is 0.236 e. The third kappa shape index (κ3) is 5.26. The number of hydrogen-bond acceptors (Lipinski definition) is 2. The van der Waals surface area contributed by atoms with Crippen LogP contribution in [-0.2, 0) is 4.79 Å². The first-order valence-corrected chi connectivity index (χ1v) is 4.49. The second kappa shape index (κ2) is 6.50. The molecule has 0 aliphatic rings. The van der Waals surface area contributed by atoms with Gasteiger partial charge in [0.1, 0.15) is 0 Å². The molecule has 0 spiro atoms. The fourth-order valence-electron chi connectivity index (χ4n) is 0.769. The SMILES string of the molecule is C#CCCNCC(=O)N(C)C(C)C. The minimum Gasteiger partial charge on any atom is -0.342 e. The van der Waals surface area contributed by atoms with E-state index in [2.05, 4.69) is 11.2 Å². The maximum absolute atomic E-state index is 11.4. The zero-order chi connectivity index (χ0) is 10.3. The van der Waals surface area contributed by atoms with Crippen molar-refractivity contribution in [2.24, 2.45) is 0 Å². The van der Waals surface area contributed by atoms with Crippen LogP contribution in [0.15, 0.2) is 0 Å². The first-order valence-electron chi connectivity index (χ1n) is 4.49. The Morgan fingerprint density at radius 3 is 2.69 bits per heavy atom. The molecule has 3 nitrogen and oxygen atoms in total. The number of carbonyl (C=O) groups is 1. The molecule has 0 aromatic heterocycles. The Kier molecular flexibility index (Phi) is 5.99. The van der Waals surface area contributed by atoms with Gasteiger partial charge in [0.2, 0.25) is 5.91 Å². The zero-order valence-electron chi connectivity index (χ0n) is 8.63. The normalized spacial score (nSPS) is 9.77. The number of nitrogens with one attached hydrogen (secondary N) is 1. The largest absolute Gasteiger partial charge is 0.342 e. The number of terminal acetylenes is 1. The predicted octanol–water partition coefficient (Wildman–Crippen LogP) is 0.466. The Bertz CT molecular complexity index is 194. The van der Waals surface area contributed by atoms with E-state index in [0.29, 0.717) is 19.5 Å². The van der Waals surface area contributed by atoms with Crippen LogP contribution in [0.5, 0.6) is 0 Å². The minimum atomic E-state index is 0.104. The van der Waals surface area contributed by atoms with Crippen LogP contribution in [0.25, 0.3) is 0 Å². The molecule has 0 atom stereocenters. The number of carbonyl (C=O) groups excluding carboxylic acids is 1. The van der Waals surface area contributed by atoms with E-state index in [0.717, 1.165) is 0 Å². The molecule has 0 saturated carbocycles. The molecule has 74 valence electrons. The monoisotopic (exact) mass is 182 g/mol. The van der Waals surface area contributed by atoms with Crippen molar-refractivity contribution in [1.82, 2.24) is 10.2 Å². The number of rotatable bonds is 5. The summed E-state index contributed by atoms with van der Waals surface area (Å²) in [7, 11) is 1.80. The Morgan fingerprint density at radius 1 is 1.62 bits per heavy atom. The third-order valence-electron chi connectivity index (χ3n) is 1.89. The molecule has 0 aliphatic heterocycles. The third-order valence-corrected chi connectivity index (χ3v) is 1.89. The van der Waals surface area contributed by atoms with Gasteiger partial charge in [-0.25, -0.2) is 0 Å². The van der Waals surface area contributed by atoms with Gasteiger partial charge in [0, 0.05) is 26.1 Å². The van der Waals surface area contributed by atoms with Crippen LogP contribution < -0.4 is 5.32 Å². The summed E-state index contributed by atoms with van der Waals surface area (Å²) < 4.78 is 0. The van der Waals surface area contributed by atoms with Crippen molar-refractivity contribution in [3.63, 3.8) is 0 Å². The van der Waals surface area contributed by atoms with Gasteiger partial charge in [0.05, 0.1) is 6.54 Å². The quantitative estimate of drug-likeness (QED) is 0.495. The summed E-state index contributed by atoms with van der Waals surface area (Å²) in [6.07, 6.45) is 5.73. The molecule has 0 aliphatic carbocycles. The topological polar surface area (TPSA) is 32.3 Å². The van der Waals surface area contributed by atoms with E-state index < -0.39 is 0 Å². The number of amides is 1. The summed E-state index contributed by atoms with van der Waals surface area (Å²) in [5, 5.41) is 2.99. The highest BCUT2D eigenvalue weighted by molar-refractivity contribution is 5.78. The smallest absolute Gasteiger partial charge is 0.236 e. The zero-order valence-corrected chi connectivity index (χ0v) is 8.63. The molecule has 13 heavy (non-hydrogen) atoms. The molecule has 0 aromatic carbocycles. The lowest BCUT2D eigenvalue weighted by Crippen LogP contribution is -2.39. The lowest BCUT2D eigenvalue weighted by Gasteiger charge is -2.21. The molecule has 0 unspecified atom stereocenters. The second-order valence-corrected chi connectivity index (χ2v) is 3.23. The van der Waals surface area contributed by atoms with Crippen LogP contribution in [0.1, 0.15) is 20.3 Å². The average molecular weight is 182 g/mol. The van der Waals surface area contributed by atoms with Crippen LogP contribution in [0.4, 0.5) is 0 Å². The van der Waals surface area contributed by atoms with Crippen molar-refractivity contribution in [1.29, 1.82) is 0 Å². The molecule has 0 rings (SSSR count). The van der Waals surface area contributed by atoms with Gasteiger partial charge in [-0.2, -0.15) is 0 Å². The summed E-state index contributed by atoms with van der Waals surface area (Å²) in [4.78, 5) is 13.1. The molecular formula is C10H18N2O. The van der Waals surface area contributed by atoms with Crippen LogP contribution >= 0.6 is 0 Å². The molecule has 3 heteroatoms. The van der Waals surface area contributed by atoms with E-state index >= 15 is 0 Å². The van der Waals surface area contributed by atoms with Crippen molar-refractivity contribution in [2.45, 2.75) is 26.3 Å². The van der Waals surface area contributed by atoms with Gasteiger partial charge in [-0.15, -0.1) is 12.3 Å². The first-order chi connectivity index (χ1) is 6.09. The molecule has 0 radical (unpaired) electrons. The van der Waals surface area contributed by atoms with Crippen molar-refractivity contribution in [3.8, 4) is 12.3 Å². The van der Waals surface area contributed by atoms with Crippen molar-refractivity contribution < 1.29 is 4.79 Å². The van der Waals surface area contributed by atoms with Gasteiger partial charge in [-0.3, -0.25) is 4.79 Å². The summed E-state index contributed by atoms with van der Waals surface area (Å²) in [5.74, 6) is 2.61. The Morgan fingerprint density at radius 2 is 2.23 bits per heavy atom. The standard InChI is InChI=1S/C10H18N2O/c1-5-6-7-11-8-10(13)12(4)9(2)3/h1,9,11H,6-8H2,2-4H3. The molecule has 0 saturated heterocycles. The highest BCUT2D eigenvalue weighted by atomic mass is 16.2. The highest BCUT2D eigenvalue weighted by Gasteiger charge is 2.10. The Hall–Kier alpha value is -1.01. The van der Waals surface area contributed by atoms with Crippen LogP contribution in [-0.4, -0.2) is 37.0 Å². The van der Waals surface area contributed by atoms with Crippen LogP contribution in [0, 0.1) is 12.3 Å². The predicted molar refractivity (Wildman–Crippen MR) is 54.2 cm³/mol. The molecule has 0 bridgehead atoms. The Labute approximate surface area is 80.5 Å². The highest BCUT2D eigenvalue weighted by Crippen LogP contribution is 1.92. The average Bonchev–Trinajstić information content (AvgIpc) is 2.10. The van der Waals surface area contributed by atoms with Gasteiger partial charge in [0.15, 0.2) is 0 Å². The van der Waals surface area contributed by atoms with Gasteiger partial charge in [-0.1, -0.05) is 0 Å². The lowest BCUT2D eigenvalue weighted by molar-refractivity contribution is -0.130.